The number of nitrogens with two attached hydrogens (primary N) is 1. The normalized spacial score (nSPS) is 12.2. The number of anilines is 1. The lowest BCUT2D eigenvalue weighted by atomic mass is 10.0. The van der Waals surface area contributed by atoms with Crippen LogP contribution in [-0.4, -0.2) is 13.1 Å². The molecule has 1 atom stereocenters. The van der Waals surface area contributed by atoms with Gasteiger partial charge in [0.1, 0.15) is 0 Å². The molecule has 3 heteroatoms. The number of nitrogens with zero attached hydrogens (tertiary/aromatic N) is 1. The Balaban J connectivity index is 2.39. The van der Waals surface area contributed by atoms with E-state index in [0.717, 1.165) is 11.0 Å². The zero-order valence-electron chi connectivity index (χ0n) is 12.9. The van der Waals surface area contributed by atoms with Crippen LogP contribution in [0.2, 0.25) is 0 Å². The molecule has 0 bridgehead atoms. The molecule has 0 heterocycles. The second kappa shape index (κ2) is 7.10. The van der Waals surface area contributed by atoms with E-state index in [2.05, 4.69) is 84.1 Å². The van der Waals surface area contributed by atoms with Crippen LogP contribution in [0.25, 0.3) is 0 Å². The van der Waals surface area contributed by atoms with E-state index < -0.39 is 0 Å². The summed E-state index contributed by atoms with van der Waals surface area (Å²) < 4.78 is 1.14. The Hall–Kier alpha value is -1.32. The summed E-state index contributed by atoms with van der Waals surface area (Å²) in [4.78, 5) is 2.37. The number of aryl methyl sites for hydroxylation is 2. The number of rotatable bonds is 5. The molecule has 0 aliphatic rings. The Kier molecular flexibility index (Phi) is 5.43. The van der Waals surface area contributed by atoms with Gasteiger partial charge in [-0.25, -0.2) is 0 Å². The van der Waals surface area contributed by atoms with E-state index in [0.29, 0.717) is 6.54 Å². The molecule has 112 valence electrons. The number of likely N-dealkylation sites (N-methyl/N-ethyl adjacent to an activating group) is 1. The fraction of sp³-hybridized carbons (Fsp3) is 0.333. The summed E-state index contributed by atoms with van der Waals surface area (Å²) in [6, 6.07) is 15.3. The second-order valence-corrected chi connectivity index (χ2v) is 6.24. The van der Waals surface area contributed by atoms with E-state index in [1.807, 2.05) is 0 Å². The topological polar surface area (TPSA) is 29.3 Å². The van der Waals surface area contributed by atoms with Gasteiger partial charge in [0, 0.05) is 23.2 Å². The predicted molar refractivity (Wildman–Crippen MR) is 94.9 cm³/mol. The number of hydrogen-bond donors (Lipinski definition) is 1. The predicted octanol–water partition coefficient (Wildman–Crippen LogP) is 4.59. The molecule has 0 aliphatic heterocycles. The molecule has 0 saturated carbocycles. The zero-order valence-corrected chi connectivity index (χ0v) is 14.5. The maximum atomic E-state index is 6.09. The smallest absolute Gasteiger partial charge is 0.0665 e. The first-order chi connectivity index (χ1) is 10.1. The molecule has 2 N–H and O–H groups in total. The third-order valence-electron chi connectivity index (χ3n) is 3.85. The Morgan fingerprint density at radius 1 is 1.14 bits per heavy atom. The van der Waals surface area contributed by atoms with E-state index in [9.17, 15) is 0 Å². The summed E-state index contributed by atoms with van der Waals surface area (Å²) in [6.07, 6.45) is 0. The van der Waals surface area contributed by atoms with Gasteiger partial charge in [-0.1, -0.05) is 40.2 Å². The minimum Gasteiger partial charge on any atom is -0.363 e. The lowest BCUT2D eigenvalue weighted by Gasteiger charge is -2.33. The van der Waals surface area contributed by atoms with E-state index in [4.69, 9.17) is 5.73 Å². The first-order valence-corrected chi connectivity index (χ1v) is 8.15. The monoisotopic (exact) mass is 346 g/mol. The van der Waals surface area contributed by atoms with Gasteiger partial charge < -0.3 is 10.6 Å². The summed E-state index contributed by atoms with van der Waals surface area (Å²) in [5.74, 6) is 0. The Morgan fingerprint density at radius 3 is 2.48 bits per heavy atom. The third kappa shape index (κ3) is 3.66. The van der Waals surface area contributed by atoms with Gasteiger partial charge in [-0.05, 0) is 55.7 Å². The van der Waals surface area contributed by atoms with Gasteiger partial charge in [0.05, 0.1) is 6.04 Å². The highest BCUT2D eigenvalue weighted by molar-refractivity contribution is 9.10. The van der Waals surface area contributed by atoms with Crippen LogP contribution in [0.5, 0.6) is 0 Å². The molecular formula is C18H23BrN2. The van der Waals surface area contributed by atoms with Crippen molar-refractivity contribution < 1.29 is 0 Å². The van der Waals surface area contributed by atoms with Gasteiger partial charge in [-0.15, -0.1) is 0 Å². The molecule has 2 aromatic rings. The van der Waals surface area contributed by atoms with Crippen molar-refractivity contribution in [3.05, 3.63) is 63.6 Å². The van der Waals surface area contributed by atoms with Crippen LogP contribution in [0.15, 0.2) is 46.9 Å². The Labute approximate surface area is 136 Å². The number of benzene rings is 2. The molecular weight excluding hydrogens is 324 g/mol. The van der Waals surface area contributed by atoms with E-state index in [1.54, 1.807) is 0 Å². The Morgan fingerprint density at radius 2 is 1.90 bits per heavy atom. The standard InChI is InChI=1S/C18H23BrN2/c1-4-21(16-7-5-6-13(2)10-16)18(12-20)15-9-8-14(3)17(19)11-15/h5-11,18H,4,12,20H2,1-3H3. The fourth-order valence-corrected chi connectivity index (χ4v) is 3.05. The molecule has 2 rings (SSSR count). The maximum Gasteiger partial charge on any atom is 0.0665 e. The van der Waals surface area contributed by atoms with Crippen LogP contribution in [0.4, 0.5) is 5.69 Å². The van der Waals surface area contributed by atoms with Crippen molar-refractivity contribution in [3.8, 4) is 0 Å². The van der Waals surface area contributed by atoms with Crippen molar-refractivity contribution in [2.75, 3.05) is 18.0 Å². The molecule has 21 heavy (non-hydrogen) atoms. The molecule has 1 unspecified atom stereocenters. The average molecular weight is 347 g/mol. The van der Waals surface area contributed by atoms with Crippen molar-refractivity contribution in [3.63, 3.8) is 0 Å². The van der Waals surface area contributed by atoms with Crippen molar-refractivity contribution in [2.45, 2.75) is 26.8 Å². The van der Waals surface area contributed by atoms with Gasteiger partial charge >= 0.3 is 0 Å². The first kappa shape index (κ1) is 16.1. The second-order valence-electron chi connectivity index (χ2n) is 5.39. The van der Waals surface area contributed by atoms with Crippen molar-refractivity contribution in [1.29, 1.82) is 0 Å². The molecule has 0 fully saturated rings. The summed E-state index contributed by atoms with van der Waals surface area (Å²) in [5, 5.41) is 0. The van der Waals surface area contributed by atoms with Crippen LogP contribution < -0.4 is 10.6 Å². The van der Waals surface area contributed by atoms with Crippen LogP contribution in [-0.2, 0) is 0 Å². The van der Waals surface area contributed by atoms with Gasteiger partial charge in [-0.3, -0.25) is 0 Å². The lowest BCUT2D eigenvalue weighted by molar-refractivity contribution is 0.642. The van der Waals surface area contributed by atoms with Gasteiger partial charge in [0.2, 0.25) is 0 Å². The third-order valence-corrected chi connectivity index (χ3v) is 4.71. The molecule has 2 nitrogen and oxygen atoms in total. The van der Waals surface area contributed by atoms with Gasteiger partial charge in [0.15, 0.2) is 0 Å². The summed E-state index contributed by atoms with van der Waals surface area (Å²) in [7, 11) is 0. The molecule has 0 saturated heterocycles. The molecule has 0 aromatic heterocycles. The molecule has 0 aliphatic carbocycles. The van der Waals surface area contributed by atoms with Crippen LogP contribution in [0.3, 0.4) is 0 Å². The fourth-order valence-electron chi connectivity index (χ4n) is 2.65. The number of hydrogen-bond acceptors (Lipinski definition) is 2. The summed E-state index contributed by atoms with van der Waals surface area (Å²) in [5.41, 5.74) is 11.1. The molecule has 0 radical (unpaired) electrons. The van der Waals surface area contributed by atoms with E-state index >= 15 is 0 Å². The molecule has 2 aromatic carbocycles. The first-order valence-electron chi connectivity index (χ1n) is 7.36. The SMILES string of the molecule is CCN(c1cccc(C)c1)C(CN)c1ccc(C)c(Br)c1. The lowest BCUT2D eigenvalue weighted by Crippen LogP contribution is -2.33. The highest BCUT2D eigenvalue weighted by Gasteiger charge is 2.19. The largest absolute Gasteiger partial charge is 0.363 e. The maximum absolute atomic E-state index is 6.09. The van der Waals surface area contributed by atoms with Crippen molar-refractivity contribution in [1.82, 2.24) is 0 Å². The minimum atomic E-state index is 0.189. The van der Waals surface area contributed by atoms with E-state index in [-0.39, 0.29) is 6.04 Å². The zero-order chi connectivity index (χ0) is 15.4. The van der Waals surface area contributed by atoms with Gasteiger partial charge in [0.25, 0.3) is 0 Å². The highest BCUT2D eigenvalue weighted by atomic mass is 79.9. The van der Waals surface area contributed by atoms with Crippen LogP contribution in [0.1, 0.15) is 29.7 Å². The Bertz CT molecular complexity index is 610. The summed E-state index contributed by atoms with van der Waals surface area (Å²) in [6.45, 7) is 7.92. The number of halogens is 1. The van der Waals surface area contributed by atoms with Crippen molar-refractivity contribution in [2.24, 2.45) is 5.73 Å². The van der Waals surface area contributed by atoms with E-state index in [1.165, 1.54) is 22.4 Å². The molecule has 0 spiro atoms. The van der Waals surface area contributed by atoms with Gasteiger partial charge in [-0.2, -0.15) is 0 Å². The quantitative estimate of drug-likeness (QED) is 0.857. The minimum absolute atomic E-state index is 0.189. The van der Waals surface area contributed by atoms with Crippen molar-refractivity contribution >= 4 is 21.6 Å². The van der Waals surface area contributed by atoms with Crippen LogP contribution in [0, 0.1) is 13.8 Å². The van der Waals surface area contributed by atoms with Crippen LogP contribution >= 0.6 is 15.9 Å². The molecule has 0 amide bonds. The average Bonchev–Trinajstić information content (AvgIpc) is 2.47. The highest BCUT2D eigenvalue weighted by Crippen LogP contribution is 2.29. The summed E-state index contributed by atoms with van der Waals surface area (Å²) >= 11 is 3.62.